The third-order valence-electron chi connectivity index (χ3n) is 2.40. The molecule has 6 nitrogen and oxygen atoms in total. The zero-order chi connectivity index (χ0) is 14.8. The second-order valence-corrected chi connectivity index (χ2v) is 6.25. The molecule has 0 radical (unpaired) electrons. The first-order chi connectivity index (χ1) is 9.44. The molecule has 9 heteroatoms. The van der Waals surface area contributed by atoms with Gasteiger partial charge in [-0.1, -0.05) is 0 Å². The number of nitrogens with one attached hydrogen (secondary N) is 2. The quantitative estimate of drug-likeness (QED) is 0.572. The Kier molecular flexibility index (Phi) is 4.21. The van der Waals surface area contributed by atoms with Crippen LogP contribution in [0.1, 0.15) is 0 Å². The van der Waals surface area contributed by atoms with Crippen LogP contribution in [0.25, 0.3) is 0 Å². The average molecular weight is 361 g/mol. The normalized spacial score (nSPS) is 11.2. The molecule has 0 aliphatic heterocycles. The minimum atomic E-state index is -3.90. The van der Waals surface area contributed by atoms with Crippen LogP contribution in [0.15, 0.2) is 46.0 Å². The molecule has 0 bridgehead atoms. The number of sulfonamides is 1. The zero-order valence-electron chi connectivity index (χ0n) is 9.97. The van der Waals surface area contributed by atoms with Crippen molar-refractivity contribution in [3.63, 3.8) is 0 Å². The van der Waals surface area contributed by atoms with Crippen LogP contribution < -0.4 is 16.0 Å². The van der Waals surface area contributed by atoms with E-state index in [0.29, 0.717) is 0 Å². The van der Waals surface area contributed by atoms with Gasteiger partial charge < -0.3 is 5.43 Å². The van der Waals surface area contributed by atoms with Gasteiger partial charge in [-0.25, -0.2) is 12.8 Å². The predicted molar refractivity (Wildman–Crippen MR) is 77.0 cm³/mol. The summed E-state index contributed by atoms with van der Waals surface area (Å²) in [6, 6.07) is 5.04. The van der Waals surface area contributed by atoms with Crippen molar-refractivity contribution < 1.29 is 12.8 Å². The Bertz CT molecular complexity index is 739. The summed E-state index contributed by atoms with van der Waals surface area (Å²) in [6.45, 7) is 0. The molecule has 0 atom stereocenters. The van der Waals surface area contributed by atoms with E-state index in [-0.39, 0.29) is 20.7 Å². The molecule has 20 heavy (non-hydrogen) atoms. The van der Waals surface area contributed by atoms with Crippen molar-refractivity contribution in [2.24, 2.45) is 5.84 Å². The summed E-state index contributed by atoms with van der Waals surface area (Å²) in [7, 11) is -3.90. The van der Waals surface area contributed by atoms with Gasteiger partial charge in [0.1, 0.15) is 10.7 Å². The number of anilines is 2. The van der Waals surface area contributed by atoms with Crippen LogP contribution in [0, 0.1) is 5.82 Å². The van der Waals surface area contributed by atoms with Crippen LogP contribution in [0.4, 0.5) is 15.8 Å². The Morgan fingerprint density at radius 1 is 1.25 bits per heavy atom. The van der Waals surface area contributed by atoms with Crippen LogP contribution in [0.2, 0.25) is 0 Å². The van der Waals surface area contributed by atoms with E-state index >= 15 is 0 Å². The number of hydrogen-bond donors (Lipinski definition) is 3. The smallest absolute Gasteiger partial charge is 0.265 e. The zero-order valence-corrected chi connectivity index (χ0v) is 12.4. The van der Waals surface area contributed by atoms with E-state index in [1.165, 1.54) is 18.3 Å². The number of hydrogen-bond acceptors (Lipinski definition) is 5. The summed E-state index contributed by atoms with van der Waals surface area (Å²) in [5.74, 6) is 4.78. The van der Waals surface area contributed by atoms with Crippen LogP contribution in [-0.4, -0.2) is 13.4 Å². The van der Waals surface area contributed by atoms with E-state index in [1.807, 2.05) is 0 Å². The molecule has 1 heterocycles. The number of hydrazine groups is 1. The lowest BCUT2D eigenvalue weighted by molar-refractivity contribution is 0.600. The number of nitrogens with zero attached hydrogens (tertiary/aromatic N) is 1. The number of rotatable bonds is 4. The van der Waals surface area contributed by atoms with Gasteiger partial charge in [0.05, 0.1) is 11.4 Å². The van der Waals surface area contributed by atoms with E-state index in [0.717, 1.165) is 18.3 Å². The lowest BCUT2D eigenvalue weighted by Crippen LogP contribution is -2.18. The third-order valence-corrected chi connectivity index (χ3v) is 4.45. The molecule has 2 rings (SSSR count). The van der Waals surface area contributed by atoms with Crippen LogP contribution in [-0.2, 0) is 10.0 Å². The van der Waals surface area contributed by atoms with Crippen LogP contribution in [0.3, 0.4) is 0 Å². The van der Waals surface area contributed by atoms with Crippen molar-refractivity contribution in [2.75, 3.05) is 10.1 Å². The first kappa shape index (κ1) is 14.7. The fourth-order valence-electron chi connectivity index (χ4n) is 1.49. The van der Waals surface area contributed by atoms with Gasteiger partial charge in [-0.15, -0.1) is 0 Å². The summed E-state index contributed by atoms with van der Waals surface area (Å²) in [5, 5.41) is 0. The number of halogens is 2. The minimum Gasteiger partial charge on any atom is -0.323 e. The van der Waals surface area contributed by atoms with Gasteiger partial charge in [-0.05, 0) is 40.2 Å². The Morgan fingerprint density at radius 2 is 2.00 bits per heavy atom. The molecule has 0 fully saturated rings. The molecule has 1 aromatic heterocycles. The molecule has 0 amide bonds. The maximum atomic E-state index is 13.0. The van der Waals surface area contributed by atoms with Crippen molar-refractivity contribution >= 4 is 37.3 Å². The number of nitrogen functional groups attached to an aromatic ring is 1. The van der Waals surface area contributed by atoms with Crippen molar-refractivity contribution in [1.82, 2.24) is 4.98 Å². The van der Waals surface area contributed by atoms with E-state index in [1.54, 1.807) is 0 Å². The lowest BCUT2D eigenvalue weighted by Gasteiger charge is -2.12. The highest BCUT2D eigenvalue weighted by atomic mass is 79.9. The second-order valence-electron chi connectivity index (χ2n) is 3.75. The predicted octanol–water partition coefficient (Wildman–Crippen LogP) is 2.07. The number of pyridine rings is 1. The Morgan fingerprint density at radius 3 is 2.65 bits per heavy atom. The van der Waals surface area contributed by atoms with E-state index in [9.17, 15) is 12.8 Å². The molecule has 0 aliphatic carbocycles. The maximum Gasteiger partial charge on any atom is 0.265 e. The van der Waals surface area contributed by atoms with E-state index in [4.69, 9.17) is 5.84 Å². The average Bonchev–Trinajstić information content (AvgIpc) is 2.42. The first-order valence-electron chi connectivity index (χ1n) is 5.32. The Labute approximate surface area is 123 Å². The molecule has 4 N–H and O–H groups in total. The minimum absolute atomic E-state index is 0.112. The third kappa shape index (κ3) is 3.06. The van der Waals surface area contributed by atoms with Crippen molar-refractivity contribution in [3.05, 3.63) is 46.9 Å². The molecule has 0 saturated heterocycles. The highest BCUT2D eigenvalue weighted by molar-refractivity contribution is 9.10. The largest absolute Gasteiger partial charge is 0.323 e. The molecule has 2 aromatic rings. The number of benzene rings is 1. The fourth-order valence-corrected chi connectivity index (χ4v) is 3.26. The summed E-state index contributed by atoms with van der Waals surface area (Å²) in [4.78, 5) is 3.64. The van der Waals surface area contributed by atoms with Crippen molar-refractivity contribution in [2.45, 2.75) is 4.90 Å². The van der Waals surface area contributed by atoms with Gasteiger partial charge in [0.25, 0.3) is 10.0 Å². The lowest BCUT2D eigenvalue weighted by atomic mass is 10.3. The molecule has 0 unspecified atom stereocenters. The van der Waals surface area contributed by atoms with Gasteiger partial charge in [0, 0.05) is 16.9 Å². The summed E-state index contributed by atoms with van der Waals surface area (Å²) in [5.41, 5.74) is 2.69. The van der Waals surface area contributed by atoms with E-state index < -0.39 is 15.8 Å². The van der Waals surface area contributed by atoms with Crippen molar-refractivity contribution in [1.29, 1.82) is 0 Å². The molecule has 1 aromatic carbocycles. The van der Waals surface area contributed by atoms with Gasteiger partial charge in [0.2, 0.25) is 0 Å². The highest BCUT2D eigenvalue weighted by Gasteiger charge is 2.19. The molecule has 0 saturated carbocycles. The standard InChI is InChI=1S/C11H10BrFN4O2S/c12-8-5-7(13)1-2-9(8)17-20(18,19)11-6-15-4-3-10(11)16-14/h1-6,17H,14H2,(H,15,16). The maximum absolute atomic E-state index is 13.0. The topological polar surface area (TPSA) is 97.1 Å². The SMILES string of the molecule is NNc1ccncc1S(=O)(=O)Nc1ccc(F)cc1Br. The Hall–Kier alpha value is -1.71. The van der Waals surface area contributed by atoms with Gasteiger partial charge >= 0.3 is 0 Å². The first-order valence-corrected chi connectivity index (χ1v) is 7.60. The molecule has 0 spiro atoms. The van der Waals surface area contributed by atoms with E-state index in [2.05, 4.69) is 31.1 Å². The summed E-state index contributed by atoms with van der Waals surface area (Å²) < 4.78 is 40.1. The summed E-state index contributed by atoms with van der Waals surface area (Å²) >= 11 is 3.09. The van der Waals surface area contributed by atoms with Gasteiger partial charge in [0.15, 0.2) is 0 Å². The monoisotopic (exact) mass is 360 g/mol. The highest BCUT2D eigenvalue weighted by Crippen LogP contribution is 2.27. The second kappa shape index (κ2) is 5.73. The molecule has 106 valence electrons. The van der Waals surface area contributed by atoms with Crippen molar-refractivity contribution in [3.8, 4) is 0 Å². The molecule has 0 aliphatic rings. The fraction of sp³-hybridized carbons (Fsp3) is 0. The van der Waals surface area contributed by atoms with Crippen LogP contribution >= 0.6 is 15.9 Å². The molecular weight excluding hydrogens is 351 g/mol. The summed E-state index contributed by atoms with van der Waals surface area (Å²) in [6.07, 6.45) is 2.57. The Balaban J connectivity index is 2.41. The van der Waals surface area contributed by atoms with Gasteiger partial charge in [-0.2, -0.15) is 0 Å². The van der Waals surface area contributed by atoms with Crippen LogP contribution in [0.5, 0.6) is 0 Å². The number of aromatic nitrogens is 1. The molecular formula is C11H10BrFN4O2S. The number of nitrogens with two attached hydrogens (primary N) is 1. The van der Waals surface area contributed by atoms with Gasteiger partial charge in [-0.3, -0.25) is 15.5 Å².